The molecule has 0 aliphatic heterocycles. The van der Waals surface area contributed by atoms with Crippen molar-refractivity contribution in [3.8, 4) is 0 Å². The first-order valence-electron chi connectivity index (χ1n) is 42.0. The first-order chi connectivity index (χ1) is 67.8. The van der Waals surface area contributed by atoms with E-state index in [1.54, 1.807) is 20.8 Å². The van der Waals surface area contributed by atoms with Crippen LogP contribution in [-0.4, -0.2) is 205 Å². The van der Waals surface area contributed by atoms with Crippen LogP contribution in [0.4, 0.5) is 47.6 Å². The molecule has 0 atom stereocenters. The van der Waals surface area contributed by atoms with Crippen LogP contribution in [0.2, 0.25) is 0 Å². The van der Waals surface area contributed by atoms with Crippen LogP contribution < -0.4 is 32.3 Å². The third kappa shape index (κ3) is 31.2. The summed E-state index contributed by atoms with van der Waals surface area (Å²) in [5, 5.41) is 42.8. The Morgan fingerprint density at radius 1 is 0.364 bits per heavy atom. The number of amides is 6. The van der Waals surface area contributed by atoms with Crippen molar-refractivity contribution in [1.29, 1.82) is 0 Å². The number of sulfone groups is 5. The number of carbonyl (C=O) groups excluding carboxylic acids is 7. The summed E-state index contributed by atoms with van der Waals surface area (Å²) in [5.74, 6) is -6.60. The average molecular weight is 2300 g/mol. The topological polar surface area (TPSA) is 606 Å². The summed E-state index contributed by atoms with van der Waals surface area (Å²) in [5.41, 5.74) is 5.11. The zero-order valence-corrected chi connectivity index (χ0v) is 82.6. The van der Waals surface area contributed by atoms with E-state index in [-0.39, 0.29) is 228 Å². The summed E-state index contributed by atoms with van der Waals surface area (Å²) in [4.78, 5) is 135. The second kappa shape index (κ2) is 47.7. The SMILES string of the molecule is CC(C)(C)OC(=O)CO/N=C(/C(=O)Nc1ncc(F)s1)c1ccc(S(=O)(=O)C2CC2)cc1.NC(=O)CO/N=C(/C(=O)Nc1ncc(F)s1)c1ccc(S(=O)(=O)C2CC2)cc1.O=C(Nc1ncc(F)s1)/C(=N/O)c1ccc(S(=O)(=O)C2CC2)cc1.O=C(Nc1ncc(F)s1)/C(=N/OCc1ccccc1)c1ccc(S(=O)(=O)C2CC2)cc1.O=C(O)CO/N=C(/C(=O)Nc1ncc(F)s1)c1ccc(S(=O)(=O)C2CC2)cc1.[2H-].[2H-].[2H-].[2H-].[2H-].[2H-].[2H-].[2H-].[2H-].[2H-].[2H-].[2H-].[2H-].[2H-].[2H-].[2H-].[2H-].[2H-].[2H-].[2H-].[2H-].[2H-].[2H-].[2H-].[2H-].[2H-].[2H-].[2H-].[2H-].[2H-].[2H-].[2H-].[2H-].[2H-].[2H-].[2H-].[2H-].[2H-].[2H-].[2H-].[2H-].[2H-].[2H-].[2H-].[2H-].[2H-].[2H-].[2H-].[2H-].[2H-].[2H-].[2H-].[2H-].[2H-].[2H-].[2H-].[2H-].[2H-].[2H-].[2H-].[2H-].[2H-].[2H-].[2H-].[2H-].[2H-]. The van der Waals surface area contributed by atoms with Gasteiger partial charge >= 0.3 is 11.9 Å². The molecular formula is C87H147F5N16O25S10-66. The highest BCUT2D eigenvalue weighted by Gasteiger charge is 2.42. The molecule has 9 N–H and O–H groups in total. The number of halogens is 5. The van der Waals surface area contributed by atoms with E-state index in [1.807, 2.05) is 30.3 Å². The van der Waals surface area contributed by atoms with Gasteiger partial charge in [-0.15, -0.1) is 0 Å². The van der Waals surface area contributed by atoms with Crippen LogP contribution in [0.15, 0.2) is 233 Å². The average Bonchev–Trinajstić information content (AvgIpc) is 1.66. The highest BCUT2D eigenvalue weighted by Crippen LogP contribution is 2.39. The highest BCUT2D eigenvalue weighted by atomic mass is 32.2. The maximum atomic E-state index is 13.2. The number of benzene rings is 6. The van der Waals surface area contributed by atoms with Crippen LogP contribution in [0.5, 0.6) is 0 Å². The number of hydrogen-bond acceptors (Lipinski definition) is 39. The van der Waals surface area contributed by atoms with Gasteiger partial charge in [-0.05, 0) is 151 Å². The van der Waals surface area contributed by atoms with Crippen molar-refractivity contribution >= 4 is 207 Å². The summed E-state index contributed by atoms with van der Waals surface area (Å²) in [7, 11) is -16.9. The lowest BCUT2D eigenvalue weighted by Crippen LogP contribution is -2.27. The molecule has 886 valence electrons. The molecule has 5 aliphatic carbocycles. The van der Waals surface area contributed by atoms with E-state index in [4.69, 9.17) is 35.3 Å². The monoisotopic (exact) mass is 2300 g/mol. The van der Waals surface area contributed by atoms with Gasteiger partial charge < -0.3 is 134 Å². The fourth-order valence-electron chi connectivity index (χ4n) is 11.9. The number of carbonyl (C=O) groups is 8. The van der Waals surface area contributed by atoms with Crippen LogP contribution in [0.1, 0.15) is 213 Å². The Kier molecular flexibility index (Phi) is 36.0. The van der Waals surface area contributed by atoms with Crippen molar-refractivity contribution in [3.63, 3.8) is 0 Å². The molecule has 0 saturated heterocycles. The Balaban J connectivity index is -0.0000000248. The Morgan fingerprint density at radius 3 is 0.811 bits per heavy atom. The number of nitrogens with two attached hydrogens (primary N) is 1. The van der Waals surface area contributed by atoms with Gasteiger partial charge in [-0.1, -0.05) is 173 Å². The van der Waals surface area contributed by atoms with Crippen LogP contribution in [0.3, 0.4) is 0 Å². The van der Waals surface area contributed by atoms with Crippen LogP contribution >= 0.6 is 56.7 Å². The number of anilines is 5. The molecule has 0 radical (unpaired) electrons. The molecular weight excluding hydrogens is 2080 g/mol. The lowest BCUT2D eigenvalue weighted by atomic mass is 10.1. The largest absolute Gasteiger partial charge is 1.00 e. The number of primary amides is 1. The molecule has 0 spiro atoms. The maximum absolute atomic E-state index is 13.2. The molecule has 0 unspecified atom stereocenters. The van der Waals surface area contributed by atoms with E-state index in [0.717, 1.165) is 36.5 Å². The first kappa shape index (κ1) is 108. The Hall–Kier alpha value is -14.0. The Morgan fingerprint density at radius 2 is 0.594 bits per heavy atom. The van der Waals surface area contributed by atoms with Gasteiger partial charge in [-0.3, -0.25) is 55.4 Å². The van der Waals surface area contributed by atoms with Crippen molar-refractivity contribution < 1.29 is 231 Å². The molecule has 5 saturated carbocycles. The van der Waals surface area contributed by atoms with Crippen LogP contribution in [0, 0.1) is 25.7 Å². The molecule has 0 bridgehead atoms. The molecule has 41 nitrogen and oxygen atoms in total. The van der Waals surface area contributed by atoms with E-state index >= 15 is 0 Å². The molecule has 56 heteroatoms. The lowest BCUT2D eigenvalue weighted by molar-refractivity contribution is -0.160. The standard InChI is InChI=1S/C21H18FN3O4S2.C20H22FN3O6S2.C16H15FN4O5S2.C16H14FN3O6S2.C14H12FN3O4S2.66H/c22-18-12-23-21(30-18)24-20(26)19(25-29-13-14-4-2-1-3-5-14)15-6-8-16(9-7-15)31(27,28)17-10-11-17;1-20(2,3)30-16(25)11-29-24-17(18(26)23-19-22-10-15(21)31-19)12-4-6-13(7-5-12)32(27,28)14-8-9-14;17-12-7-19-16(27-12)20-15(23)14(21-26-8-13(18)22)9-1-3-10(4-2-9)28(24,25)11-5-6-11;17-12-7-18-16(27-12)19-15(23)14(20-26-8-13(21)22)9-1-3-10(4-2-9)28(24,25)11-5-6-11;15-11-7-16-14(23-11)17-13(19)12(18-20)8-1-3-9(4-2-8)24(21,22)10-5-6-10;;;;;;;;;;;;;;;;;;;;;;;;;;;;;;;;;;;;;;;;;;;;;;;;;;;;;;;;;;;;;;;;;;/h1-9,12,17H,10-11,13H2,(H,23,24,26);4-7,10,14H,8-9,11H2,1-3H3,(H,22,23,26);1-4,7,11H,5-6,8H2,(H2,18,22)(H,19,20,23);1-4,7,11H,5-6,8H2,(H,21,22)(H,18,19,23);1-4,7,10,20H,5-6H2,(H,16,17,19);;;;;;;;;;;;;;;;;;;;;;;;;;;;;;;;;;;;;;;;;;;;;;;;;;;;;;;;;;;;;;;;;;/q;;;;;66*-1/b25-19+;24-17+;21-14+;20-14+;18-12+;;;;;;;;;;;;;;;;;;;;;;;;;;;;;;;;;;;;;;;;;;;;;;;;;;;;;;;;;;;;;;;;;;/i;;;;;66*1+1. The Labute approximate surface area is 928 Å². The second-order valence-corrected chi connectivity index (χ2v) is 47.7. The number of nitrogens with zero attached hydrogens (tertiary/aromatic N) is 10. The molecule has 5 aromatic heterocycles. The second-order valence-electron chi connectivity index (χ2n) is 31.7. The quantitative estimate of drug-likeness (QED) is 0.00589. The van der Waals surface area contributed by atoms with Crippen LogP contribution in [-0.2, 0) is 118 Å². The minimum Gasteiger partial charge on any atom is -1.00 e. The van der Waals surface area contributed by atoms with Gasteiger partial charge in [0.2, 0.25) is 13.2 Å². The van der Waals surface area contributed by atoms with Crippen molar-refractivity contribution in [2.75, 3.05) is 46.4 Å². The number of esters is 1. The number of carboxylic acids is 1. The molecule has 5 aliphatic rings. The molecule has 16 rings (SSSR count). The molecule has 11 aromatic rings. The van der Waals surface area contributed by atoms with Gasteiger partial charge in [0.25, 0.3) is 35.4 Å². The first-order valence-corrected chi connectivity index (χ1v) is 53.8. The fourth-order valence-corrected chi connectivity index (χ4v) is 22.9. The van der Waals surface area contributed by atoms with Gasteiger partial charge in [0.05, 0.1) is 81.7 Å². The number of hydrogen-bond donors (Lipinski definition) is 8. The van der Waals surface area contributed by atoms with Gasteiger partial charge in [-0.2, -0.15) is 22.0 Å². The highest BCUT2D eigenvalue weighted by molar-refractivity contribution is 7.93. The summed E-state index contributed by atoms with van der Waals surface area (Å²) >= 11 is 3.14. The number of ether oxygens (including phenoxy) is 1. The summed E-state index contributed by atoms with van der Waals surface area (Å²) in [6, 6.07) is 37.2. The van der Waals surface area contributed by atoms with Crippen molar-refractivity contribution in [2.24, 2.45) is 31.5 Å². The predicted octanol–water partition coefficient (Wildman–Crippen LogP) is 18.9. The minimum absolute atomic E-state index is 0. The summed E-state index contributed by atoms with van der Waals surface area (Å²) in [6.45, 7) is 3.33. The molecule has 6 amide bonds. The summed E-state index contributed by atoms with van der Waals surface area (Å²) < 4.78 is 193. The number of aliphatic carboxylic acids is 1. The lowest BCUT2D eigenvalue weighted by Gasteiger charge is -2.18. The van der Waals surface area contributed by atoms with Crippen molar-refractivity contribution in [1.82, 2.24) is 24.9 Å². The maximum Gasteiger partial charge on any atom is 0.347 e. The number of rotatable bonds is 37. The minimum atomic E-state index is -3.40. The number of carboxylic acid groups (broad SMARTS) is 1. The smallest absolute Gasteiger partial charge is 0.347 e. The fraction of sp³-hybridized carbons (Fsp3) is 0.264. The van der Waals surface area contributed by atoms with E-state index < -0.39 is 148 Å². The van der Waals surface area contributed by atoms with E-state index in [0.29, 0.717) is 126 Å². The van der Waals surface area contributed by atoms with Gasteiger partial charge in [0, 0.05) is 27.8 Å². The van der Waals surface area contributed by atoms with E-state index in [2.05, 4.69) is 82.1 Å². The molecule has 6 aromatic carbocycles. The number of thiazole rings is 5. The Bertz CT molecular complexity index is 7320. The normalized spacial score (nSPS) is 14.6. The molecule has 143 heavy (non-hydrogen) atoms. The van der Waals surface area contributed by atoms with Crippen molar-refractivity contribution in [3.05, 3.63) is 242 Å². The zero-order chi connectivity index (χ0) is 103. The van der Waals surface area contributed by atoms with Gasteiger partial charge in [0.1, 0.15) is 12.2 Å². The zero-order valence-electron chi connectivity index (χ0n) is 140. The van der Waals surface area contributed by atoms with Crippen LogP contribution in [0.25, 0.3) is 0 Å². The molecule has 5 fully saturated rings. The van der Waals surface area contributed by atoms with Gasteiger partial charge in [-0.25, -0.2) is 76.6 Å². The third-order valence-electron chi connectivity index (χ3n) is 19.5. The molecule has 5 heterocycles. The summed E-state index contributed by atoms with van der Waals surface area (Å²) in [6.07, 6.45) is 11.2. The van der Waals surface area contributed by atoms with E-state index in [1.165, 1.54) is 121 Å². The number of aromatic nitrogens is 5. The van der Waals surface area contributed by atoms with Crippen molar-refractivity contribution in [2.45, 2.75) is 148 Å². The van der Waals surface area contributed by atoms with E-state index in [9.17, 15) is 102 Å². The predicted molar refractivity (Wildman–Crippen MR) is 586 cm³/mol. The number of oxime groups is 5. The van der Waals surface area contributed by atoms with Gasteiger partial charge in [0.15, 0.2) is 136 Å². The number of nitrogens with one attached hydrogen (secondary N) is 5. The third-order valence-corrected chi connectivity index (χ3v) is 34.4.